The van der Waals surface area contributed by atoms with Gasteiger partial charge in [0.15, 0.2) is 0 Å². The van der Waals surface area contributed by atoms with E-state index in [1.54, 1.807) is 6.20 Å². The molecule has 100 valence electrons. The molecule has 2 aromatic rings. The van der Waals surface area contributed by atoms with E-state index in [4.69, 9.17) is 4.74 Å². The van der Waals surface area contributed by atoms with E-state index in [2.05, 4.69) is 59.9 Å². The second kappa shape index (κ2) is 6.20. The van der Waals surface area contributed by atoms with Gasteiger partial charge >= 0.3 is 0 Å². The van der Waals surface area contributed by atoms with Crippen LogP contribution in [0.15, 0.2) is 41.1 Å². The van der Waals surface area contributed by atoms with Crippen LogP contribution in [-0.4, -0.2) is 4.98 Å². The molecule has 0 fully saturated rings. The van der Waals surface area contributed by atoms with Gasteiger partial charge in [0.2, 0.25) is 0 Å². The maximum atomic E-state index is 5.96. The van der Waals surface area contributed by atoms with Crippen molar-refractivity contribution in [1.82, 2.24) is 4.98 Å². The molecule has 0 aliphatic rings. The molecule has 0 radical (unpaired) electrons. The summed E-state index contributed by atoms with van der Waals surface area (Å²) in [7, 11) is 0. The first-order chi connectivity index (χ1) is 9.06. The Morgan fingerprint density at radius 1 is 1.21 bits per heavy atom. The number of nitrogens with zero attached hydrogens (tertiary/aromatic N) is 1. The van der Waals surface area contributed by atoms with Crippen molar-refractivity contribution >= 4 is 15.9 Å². The lowest BCUT2D eigenvalue weighted by atomic mass is 10.0. The summed E-state index contributed by atoms with van der Waals surface area (Å²) in [6.45, 7) is 6.98. The molecule has 19 heavy (non-hydrogen) atoms. The van der Waals surface area contributed by atoms with E-state index in [0.29, 0.717) is 12.5 Å². The normalized spacial score (nSPS) is 10.8. The molecule has 0 N–H and O–H groups in total. The van der Waals surface area contributed by atoms with Crippen LogP contribution in [0, 0.1) is 6.92 Å². The van der Waals surface area contributed by atoms with Crippen LogP contribution in [0.2, 0.25) is 0 Å². The van der Waals surface area contributed by atoms with Gasteiger partial charge in [-0.05, 0) is 52.0 Å². The first kappa shape index (κ1) is 14.1. The minimum absolute atomic E-state index is 0.455. The lowest BCUT2D eigenvalue weighted by molar-refractivity contribution is 0.301. The Balaban J connectivity index is 2.17. The van der Waals surface area contributed by atoms with Crippen LogP contribution in [0.4, 0.5) is 0 Å². The van der Waals surface area contributed by atoms with Crippen LogP contribution in [0.3, 0.4) is 0 Å². The summed E-state index contributed by atoms with van der Waals surface area (Å²) >= 11 is 3.42. The standard InChI is InChI=1S/C16H18BrNO/c1-11(2)15-5-4-12(3)6-16(15)19-10-13-7-14(17)9-18-8-13/h4-9,11H,10H2,1-3H3. The van der Waals surface area contributed by atoms with Gasteiger partial charge in [0.1, 0.15) is 12.4 Å². The number of hydrogen-bond donors (Lipinski definition) is 0. The minimum Gasteiger partial charge on any atom is -0.489 e. The van der Waals surface area contributed by atoms with E-state index in [1.165, 1.54) is 11.1 Å². The molecule has 2 nitrogen and oxygen atoms in total. The van der Waals surface area contributed by atoms with Crippen molar-refractivity contribution in [3.63, 3.8) is 0 Å². The Labute approximate surface area is 123 Å². The van der Waals surface area contributed by atoms with Gasteiger partial charge in [-0.25, -0.2) is 0 Å². The number of hydrogen-bond acceptors (Lipinski definition) is 2. The van der Waals surface area contributed by atoms with Crippen molar-refractivity contribution < 1.29 is 4.74 Å². The summed E-state index contributed by atoms with van der Waals surface area (Å²) in [6, 6.07) is 8.40. The van der Waals surface area contributed by atoms with Crippen molar-refractivity contribution in [2.45, 2.75) is 33.3 Å². The first-order valence-corrected chi connectivity index (χ1v) is 7.18. The van der Waals surface area contributed by atoms with Crippen LogP contribution in [0.5, 0.6) is 5.75 Å². The van der Waals surface area contributed by atoms with Gasteiger partial charge in [-0.15, -0.1) is 0 Å². The predicted octanol–water partition coefficient (Wildman–Crippen LogP) is 4.85. The second-order valence-electron chi connectivity index (χ2n) is 5.00. The highest BCUT2D eigenvalue weighted by Crippen LogP contribution is 2.28. The lowest BCUT2D eigenvalue weighted by Crippen LogP contribution is -2.00. The van der Waals surface area contributed by atoms with Gasteiger partial charge in [-0.2, -0.15) is 0 Å². The molecule has 0 aliphatic heterocycles. The second-order valence-corrected chi connectivity index (χ2v) is 5.91. The van der Waals surface area contributed by atoms with E-state index in [9.17, 15) is 0 Å². The zero-order chi connectivity index (χ0) is 13.8. The average Bonchev–Trinajstić information content (AvgIpc) is 2.36. The van der Waals surface area contributed by atoms with Gasteiger partial charge < -0.3 is 4.74 Å². The van der Waals surface area contributed by atoms with Crippen molar-refractivity contribution in [3.05, 3.63) is 57.8 Å². The number of rotatable bonds is 4. The zero-order valence-corrected chi connectivity index (χ0v) is 13.1. The molecule has 1 aromatic carbocycles. The summed E-state index contributed by atoms with van der Waals surface area (Å²) < 4.78 is 6.93. The van der Waals surface area contributed by atoms with Crippen LogP contribution < -0.4 is 4.74 Å². The molecule has 0 aliphatic carbocycles. The van der Waals surface area contributed by atoms with Crippen molar-refractivity contribution in [2.75, 3.05) is 0 Å². The number of benzene rings is 1. The Morgan fingerprint density at radius 2 is 2.00 bits per heavy atom. The maximum absolute atomic E-state index is 5.96. The summed E-state index contributed by atoms with van der Waals surface area (Å²) in [5.41, 5.74) is 3.52. The monoisotopic (exact) mass is 319 g/mol. The molecule has 1 aromatic heterocycles. The smallest absolute Gasteiger partial charge is 0.123 e. The van der Waals surface area contributed by atoms with E-state index < -0.39 is 0 Å². The highest BCUT2D eigenvalue weighted by molar-refractivity contribution is 9.10. The van der Waals surface area contributed by atoms with E-state index in [-0.39, 0.29) is 0 Å². The van der Waals surface area contributed by atoms with Crippen LogP contribution in [0.1, 0.15) is 36.5 Å². The van der Waals surface area contributed by atoms with Crippen LogP contribution >= 0.6 is 15.9 Å². The maximum Gasteiger partial charge on any atom is 0.123 e. The molecule has 0 saturated heterocycles. The molecule has 1 heterocycles. The van der Waals surface area contributed by atoms with Gasteiger partial charge in [0, 0.05) is 22.4 Å². The third-order valence-electron chi connectivity index (χ3n) is 2.95. The minimum atomic E-state index is 0.455. The van der Waals surface area contributed by atoms with Gasteiger partial charge in [0.25, 0.3) is 0 Å². The summed E-state index contributed by atoms with van der Waals surface area (Å²) in [6.07, 6.45) is 3.60. The largest absolute Gasteiger partial charge is 0.489 e. The molecule has 0 unspecified atom stereocenters. The van der Waals surface area contributed by atoms with E-state index >= 15 is 0 Å². The molecule has 0 bridgehead atoms. The first-order valence-electron chi connectivity index (χ1n) is 6.39. The lowest BCUT2D eigenvalue weighted by Gasteiger charge is -2.15. The van der Waals surface area contributed by atoms with Crippen molar-refractivity contribution in [2.24, 2.45) is 0 Å². The topological polar surface area (TPSA) is 22.1 Å². The highest BCUT2D eigenvalue weighted by Gasteiger charge is 2.08. The fourth-order valence-corrected chi connectivity index (χ4v) is 2.35. The molecular formula is C16H18BrNO. The summed E-state index contributed by atoms with van der Waals surface area (Å²) in [5.74, 6) is 1.42. The van der Waals surface area contributed by atoms with Crippen molar-refractivity contribution in [1.29, 1.82) is 0 Å². The fourth-order valence-electron chi connectivity index (χ4n) is 1.94. The summed E-state index contributed by atoms with van der Waals surface area (Å²) in [5, 5.41) is 0. The van der Waals surface area contributed by atoms with Gasteiger partial charge in [-0.1, -0.05) is 26.0 Å². The molecule has 0 saturated carbocycles. The fraction of sp³-hybridized carbons (Fsp3) is 0.312. The van der Waals surface area contributed by atoms with Gasteiger partial charge in [0.05, 0.1) is 0 Å². The molecule has 0 amide bonds. The third kappa shape index (κ3) is 3.80. The van der Waals surface area contributed by atoms with E-state index in [0.717, 1.165) is 15.8 Å². The quantitative estimate of drug-likeness (QED) is 0.803. The highest BCUT2D eigenvalue weighted by atomic mass is 79.9. The van der Waals surface area contributed by atoms with Crippen molar-refractivity contribution in [3.8, 4) is 5.75 Å². The zero-order valence-electron chi connectivity index (χ0n) is 11.5. The van der Waals surface area contributed by atoms with E-state index in [1.807, 2.05) is 12.3 Å². The number of aryl methyl sites for hydroxylation is 1. The van der Waals surface area contributed by atoms with Gasteiger partial charge in [-0.3, -0.25) is 4.98 Å². The predicted molar refractivity (Wildman–Crippen MR) is 81.5 cm³/mol. The molecular weight excluding hydrogens is 302 g/mol. The molecule has 0 spiro atoms. The van der Waals surface area contributed by atoms with Crippen LogP contribution in [-0.2, 0) is 6.61 Å². The molecule has 0 atom stereocenters. The summed E-state index contributed by atoms with van der Waals surface area (Å²) in [4.78, 5) is 4.14. The van der Waals surface area contributed by atoms with Crippen LogP contribution in [0.25, 0.3) is 0 Å². The third-order valence-corrected chi connectivity index (χ3v) is 3.38. The Hall–Kier alpha value is -1.35. The average molecular weight is 320 g/mol. The number of ether oxygens (including phenoxy) is 1. The Morgan fingerprint density at radius 3 is 2.68 bits per heavy atom. The molecule has 3 heteroatoms. The SMILES string of the molecule is Cc1ccc(C(C)C)c(OCc2cncc(Br)c2)c1. The molecule has 2 rings (SSSR count). The number of halogens is 1. The number of pyridine rings is 1. The Kier molecular flexibility index (Phi) is 4.59. The Bertz CT molecular complexity index is 566. The number of aromatic nitrogens is 1.